The van der Waals surface area contributed by atoms with Crippen molar-refractivity contribution in [1.29, 1.82) is 0 Å². The van der Waals surface area contributed by atoms with Crippen LogP contribution in [0.3, 0.4) is 0 Å². The number of amides is 1. The summed E-state index contributed by atoms with van der Waals surface area (Å²) < 4.78 is 28.9. The van der Waals surface area contributed by atoms with Gasteiger partial charge in [0.05, 0.1) is 7.11 Å². The fraction of sp³-hybridized carbons (Fsp3) is 0.250. The number of rotatable bonds is 7. The monoisotopic (exact) mass is 451 g/mol. The predicted octanol–water partition coefficient (Wildman–Crippen LogP) is 4.11. The number of ether oxygens (including phenoxy) is 1. The van der Waals surface area contributed by atoms with E-state index in [9.17, 15) is 14.0 Å². The van der Waals surface area contributed by atoms with Gasteiger partial charge in [0.25, 0.3) is 0 Å². The van der Waals surface area contributed by atoms with Crippen LogP contribution in [-0.4, -0.2) is 23.2 Å². The molecule has 4 rings (SSSR count). The Bertz CT molecular complexity index is 1360. The lowest BCUT2D eigenvalue weighted by atomic mass is 10.0. The highest BCUT2D eigenvalue weighted by Crippen LogP contribution is 2.24. The van der Waals surface area contributed by atoms with Crippen LogP contribution < -0.4 is 15.7 Å². The van der Waals surface area contributed by atoms with E-state index in [-0.39, 0.29) is 30.5 Å². The van der Waals surface area contributed by atoms with E-state index >= 15 is 0 Å². The maximum Gasteiger partial charge on any atom is 0.339 e. The first-order chi connectivity index (χ1) is 15.9. The van der Waals surface area contributed by atoms with Crippen molar-refractivity contribution in [3.63, 3.8) is 0 Å². The van der Waals surface area contributed by atoms with Gasteiger partial charge in [0.1, 0.15) is 23.2 Å². The van der Waals surface area contributed by atoms with E-state index in [2.05, 4.69) is 15.5 Å². The maximum atomic E-state index is 13.1. The first-order valence-electron chi connectivity index (χ1n) is 10.3. The molecule has 0 fully saturated rings. The zero-order chi connectivity index (χ0) is 23.5. The first kappa shape index (κ1) is 22.2. The Morgan fingerprint density at radius 2 is 1.97 bits per heavy atom. The molecule has 170 valence electrons. The number of methoxy groups -OCH3 is 1. The molecule has 0 saturated heterocycles. The summed E-state index contributed by atoms with van der Waals surface area (Å²) in [4.78, 5) is 29.2. The summed E-state index contributed by atoms with van der Waals surface area (Å²) in [5.74, 6) is 0.469. The van der Waals surface area contributed by atoms with Crippen molar-refractivity contribution in [2.24, 2.45) is 0 Å². The number of hydrogen-bond donors (Lipinski definition) is 1. The average molecular weight is 451 g/mol. The van der Waals surface area contributed by atoms with Gasteiger partial charge < -0.3 is 19.0 Å². The molecular weight excluding hydrogens is 429 g/mol. The molecule has 1 amide bonds. The largest absolute Gasteiger partial charge is 0.497 e. The minimum atomic E-state index is -0.541. The van der Waals surface area contributed by atoms with Gasteiger partial charge in [-0.15, -0.1) is 0 Å². The van der Waals surface area contributed by atoms with Gasteiger partial charge in [-0.2, -0.15) is 4.98 Å². The van der Waals surface area contributed by atoms with Crippen molar-refractivity contribution in [3.8, 4) is 17.1 Å². The lowest BCUT2D eigenvalue weighted by Crippen LogP contribution is -2.27. The Kier molecular flexibility index (Phi) is 6.21. The normalized spacial score (nSPS) is 12.0. The molecule has 1 unspecified atom stereocenters. The molecule has 0 aliphatic carbocycles. The lowest BCUT2D eigenvalue weighted by molar-refractivity contribution is -0.121. The van der Waals surface area contributed by atoms with Crippen LogP contribution in [0.1, 0.15) is 36.4 Å². The van der Waals surface area contributed by atoms with Crippen molar-refractivity contribution in [3.05, 3.63) is 75.7 Å². The molecule has 0 saturated carbocycles. The van der Waals surface area contributed by atoms with Crippen molar-refractivity contribution in [2.45, 2.75) is 32.7 Å². The zero-order valence-electron chi connectivity index (χ0n) is 18.3. The summed E-state index contributed by atoms with van der Waals surface area (Å²) in [6.07, 6.45) is 0.301. The molecule has 2 aromatic carbocycles. The van der Waals surface area contributed by atoms with Gasteiger partial charge in [-0.05, 0) is 62.2 Å². The Balaban J connectivity index is 1.42. The van der Waals surface area contributed by atoms with E-state index < -0.39 is 11.7 Å². The van der Waals surface area contributed by atoms with E-state index in [0.717, 1.165) is 10.9 Å². The molecular formula is C24H22FN3O5. The maximum absolute atomic E-state index is 13.1. The molecule has 4 aromatic rings. The average Bonchev–Trinajstić information content (AvgIpc) is 3.29. The van der Waals surface area contributed by atoms with Gasteiger partial charge in [-0.1, -0.05) is 5.16 Å². The number of fused-ring (bicyclic) bond motifs is 1. The third-order valence-electron chi connectivity index (χ3n) is 5.39. The molecule has 0 aliphatic heterocycles. The second kappa shape index (κ2) is 9.23. The summed E-state index contributed by atoms with van der Waals surface area (Å²) in [5, 5.41) is 7.46. The third-order valence-corrected chi connectivity index (χ3v) is 5.39. The number of aryl methyl sites for hydroxylation is 1. The van der Waals surface area contributed by atoms with Crippen LogP contribution >= 0.6 is 0 Å². The standard InChI is InChI=1S/C24H22FN3O5/c1-13-18-9-8-17(31-3)12-20(18)32-24(30)19(13)10-11-21(29)26-14(2)23-27-22(28-33-23)15-4-6-16(25)7-5-15/h4-9,12,14H,10-11H2,1-3H3,(H,26,29). The number of benzene rings is 2. The molecule has 1 N–H and O–H groups in total. The third kappa shape index (κ3) is 4.77. The van der Waals surface area contributed by atoms with Crippen LogP contribution in [0.25, 0.3) is 22.4 Å². The highest BCUT2D eigenvalue weighted by molar-refractivity contribution is 5.82. The molecule has 1 atom stereocenters. The van der Waals surface area contributed by atoms with Crippen molar-refractivity contribution in [1.82, 2.24) is 15.5 Å². The molecule has 0 radical (unpaired) electrons. The van der Waals surface area contributed by atoms with Gasteiger partial charge in [-0.3, -0.25) is 4.79 Å². The number of nitrogens with zero attached hydrogens (tertiary/aromatic N) is 2. The highest BCUT2D eigenvalue weighted by Gasteiger charge is 2.19. The molecule has 9 heteroatoms. The quantitative estimate of drug-likeness (QED) is 0.421. The highest BCUT2D eigenvalue weighted by atomic mass is 19.1. The number of carbonyl (C=O) groups excluding carboxylic acids is 1. The topological polar surface area (TPSA) is 107 Å². The van der Waals surface area contributed by atoms with Crippen LogP contribution in [0.4, 0.5) is 4.39 Å². The Morgan fingerprint density at radius 1 is 1.21 bits per heavy atom. The van der Waals surface area contributed by atoms with E-state index in [1.165, 1.54) is 19.2 Å². The fourth-order valence-electron chi connectivity index (χ4n) is 3.53. The van der Waals surface area contributed by atoms with E-state index in [4.69, 9.17) is 13.7 Å². The van der Waals surface area contributed by atoms with E-state index in [1.54, 1.807) is 31.2 Å². The summed E-state index contributed by atoms with van der Waals surface area (Å²) in [7, 11) is 1.54. The molecule has 0 bridgehead atoms. The summed E-state index contributed by atoms with van der Waals surface area (Å²) in [5.41, 5.74) is 1.78. The minimum Gasteiger partial charge on any atom is -0.497 e. The van der Waals surface area contributed by atoms with E-state index in [0.29, 0.717) is 28.3 Å². The second-order valence-electron chi connectivity index (χ2n) is 7.61. The van der Waals surface area contributed by atoms with Gasteiger partial charge in [-0.25, -0.2) is 9.18 Å². The van der Waals surface area contributed by atoms with Gasteiger partial charge in [0, 0.05) is 29.0 Å². The Morgan fingerprint density at radius 3 is 2.70 bits per heavy atom. The second-order valence-corrected chi connectivity index (χ2v) is 7.61. The van der Waals surface area contributed by atoms with Crippen molar-refractivity contribution in [2.75, 3.05) is 7.11 Å². The molecule has 8 nitrogen and oxygen atoms in total. The van der Waals surface area contributed by atoms with Crippen LogP contribution in [0.15, 0.2) is 56.2 Å². The van der Waals surface area contributed by atoms with Gasteiger partial charge in [0.15, 0.2) is 0 Å². The van der Waals surface area contributed by atoms with Gasteiger partial charge in [0.2, 0.25) is 17.6 Å². The smallest absolute Gasteiger partial charge is 0.339 e. The number of nitrogens with one attached hydrogen (secondary N) is 1. The molecule has 2 aromatic heterocycles. The minimum absolute atomic E-state index is 0.0799. The van der Waals surface area contributed by atoms with Crippen molar-refractivity contribution < 1.29 is 22.9 Å². The van der Waals surface area contributed by atoms with E-state index in [1.807, 2.05) is 13.0 Å². The van der Waals surface area contributed by atoms with Crippen LogP contribution in [0.5, 0.6) is 5.75 Å². The predicted molar refractivity (Wildman–Crippen MR) is 118 cm³/mol. The Labute approximate surface area is 188 Å². The SMILES string of the molecule is COc1ccc2c(C)c(CCC(=O)NC(C)c3nc(-c4ccc(F)cc4)no3)c(=O)oc2c1. The summed E-state index contributed by atoms with van der Waals surface area (Å²) in [6, 6.07) is 10.4. The molecule has 0 aliphatic rings. The first-order valence-corrected chi connectivity index (χ1v) is 10.3. The summed E-state index contributed by atoms with van der Waals surface area (Å²) >= 11 is 0. The van der Waals surface area contributed by atoms with Crippen LogP contribution in [0, 0.1) is 12.7 Å². The number of aromatic nitrogens is 2. The van der Waals surface area contributed by atoms with Crippen LogP contribution in [-0.2, 0) is 11.2 Å². The van der Waals surface area contributed by atoms with Crippen molar-refractivity contribution >= 4 is 16.9 Å². The Hall–Kier alpha value is -4.01. The van der Waals surface area contributed by atoms with Crippen LogP contribution in [0.2, 0.25) is 0 Å². The molecule has 0 spiro atoms. The lowest BCUT2D eigenvalue weighted by Gasteiger charge is -2.11. The number of halogens is 1. The zero-order valence-corrected chi connectivity index (χ0v) is 18.3. The number of hydrogen-bond acceptors (Lipinski definition) is 7. The fourth-order valence-corrected chi connectivity index (χ4v) is 3.53. The molecule has 33 heavy (non-hydrogen) atoms. The molecule has 2 heterocycles. The summed E-state index contributed by atoms with van der Waals surface area (Å²) in [6.45, 7) is 3.54. The number of carbonyl (C=O) groups is 1. The van der Waals surface area contributed by atoms with Gasteiger partial charge >= 0.3 is 5.63 Å².